The Bertz CT molecular complexity index is 1040. The quantitative estimate of drug-likeness (QED) is 0.349. The van der Waals surface area contributed by atoms with Gasteiger partial charge < -0.3 is 0 Å². The molecule has 0 amide bonds. The fraction of sp³-hybridized carbons (Fsp3) is 0.500. The molecule has 3 fully saturated rings. The minimum atomic E-state index is 0.856. The van der Waals surface area contributed by atoms with Crippen molar-refractivity contribution < 1.29 is 0 Å². The number of aryl methyl sites for hydroxylation is 3. The lowest BCUT2D eigenvalue weighted by molar-refractivity contribution is 0.418. The summed E-state index contributed by atoms with van der Waals surface area (Å²) in [5.41, 5.74) is 9.20. The molecule has 0 spiro atoms. The summed E-state index contributed by atoms with van der Waals surface area (Å²) in [6, 6.07) is 26.5. The van der Waals surface area contributed by atoms with Gasteiger partial charge in [0.25, 0.3) is 0 Å². The van der Waals surface area contributed by atoms with E-state index in [0.717, 1.165) is 17.8 Å². The number of hydrogen-bond acceptors (Lipinski definition) is 0. The van der Waals surface area contributed by atoms with Gasteiger partial charge in [0.2, 0.25) is 0 Å². The maximum atomic E-state index is 2.31. The largest absolute Gasteiger partial charge is 0.0620 e. The van der Waals surface area contributed by atoms with Gasteiger partial charge in [-0.25, -0.2) is 0 Å². The summed E-state index contributed by atoms with van der Waals surface area (Å²) in [5, 5.41) is 0. The highest BCUT2D eigenvalue weighted by Crippen LogP contribution is 2.38. The molecule has 3 aromatic rings. The van der Waals surface area contributed by atoms with Crippen molar-refractivity contribution in [1.82, 2.24) is 0 Å². The van der Waals surface area contributed by atoms with E-state index in [4.69, 9.17) is 0 Å². The molecule has 0 heterocycles. The number of benzene rings is 3. The fourth-order valence-electron chi connectivity index (χ4n) is 6.50. The predicted octanol–water partition coefficient (Wildman–Crippen LogP) is 11.0. The Balaban J connectivity index is 0.000000127. The summed E-state index contributed by atoms with van der Waals surface area (Å²) in [6.45, 7) is 6.69. The van der Waals surface area contributed by atoms with Gasteiger partial charge in [0.1, 0.15) is 0 Å². The molecule has 0 aromatic heterocycles. The molecule has 0 atom stereocenters. The van der Waals surface area contributed by atoms with Gasteiger partial charge in [-0.2, -0.15) is 0 Å². The van der Waals surface area contributed by atoms with E-state index in [1.165, 1.54) is 93.7 Å². The average Bonchev–Trinajstić information content (AvgIpc) is 3.41. The van der Waals surface area contributed by atoms with Crippen molar-refractivity contribution >= 4 is 0 Å². The monoisotopic (exact) mass is 480 g/mol. The third-order valence-electron chi connectivity index (χ3n) is 8.95. The summed E-state index contributed by atoms with van der Waals surface area (Å²) < 4.78 is 0. The Kier molecular flexibility index (Phi) is 10.3. The molecule has 0 N–H and O–H groups in total. The molecule has 0 aliphatic heterocycles. The van der Waals surface area contributed by atoms with Gasteiger partial charge in [-0.05, 0) is 110 Å². The van der Waals surface area contributed by atoms with E-state index in [1.807, 2.05) is 0 Å². The standard InChI is InChI=1S/C13H18.C12H16.C11H14/c1-11-7-5-6-10-13(11)12-8-3-2-4-9-12;1-10-6-2-5-9-12(10)11-7-3-4-8-11;1-9-5-2-3-8-11(9)10-6-4-7-10/h5-7,10,12H,2-4,8-9H2,1H3;2,5-6,9,11H,3-4,7-8H2,1H3;2-3,5,8,10H,4,6-7H2,1H3. The molecule has 192 valence electrons. The maximum Gasteiger partial charge on any atom is -0.0159 e. The van der Waals surface area contributed by atoms with Gasteiger partial charge in [-0.15, -0.1) is 0 Å². The molecule has 0 bridgehead atoms. The van der Waals surface area contributed by atoms with Crippen LogP contribution in [-0.2, 0) is 0 Å². The molecule has 0 radical (unpaired) electrons. The van der Waals surface area contributed by atoms with Crippen LogP contribution in [-0.4, -0.2) is 0 Å². The molecule has 0 unspecified atom stereocenters. The second kappa shape index (κ2) is 13.8. The van der Waals surface area contributed by atoms with Crippen LogP contribution in [0.5, 0.6) is 0 Å². The van der Waals surface area contributed by atoms with Crippen LogP contribution in [0, 0.1) is 20.8 Å². The predicted molar refractivity (Wildman–Crippen MR) is 157 cm³/mol. The van der Waals surface area contributed by atoms with Crippen LogP contribution in [0.15, 0.2) is 72.8 Å². The maximum absolute atomic E-state index is 2.31. The molecule has 3 saturated carbocycles. The molecule has 3 aromatic carbocycles. The fourth-order valence-corrected chi connectivity index (χ4v) is 6.50. The summed E-state index contributed by atoms with van der Waals surface area (Å²) in [5.74, 6) is 2.61. The van der Waals surface area contributed by atoms with Crippen molar-refractivity contribution in [2.24, 2.45) is 0 Å². The Hall–Kier alpha value is -2.34. The highest BCUT2D eigenvalue weighted by atomic mass is 14.3. The number of rotatable bonds is 3. The van der Waals surface area contributed by atoms with E-state index in [9.17, 15) is 0 Å². The summed E-state index contributed by atoms with van der Waals surface area (Å²) in [6.07, 6.45) is 17.0. The van der Waals surface area contributed by atoms with Gasteiger partial charge in [0, 0.05) is 0 Å². The molecule has 0 nitrogen and oxygen atoms in total. The topological polar surface area (TPSA) is 0 Å². The van der Waals surface area contributed by atoms with E-state index in [2.05, 4.69) is 93.6 Å². The SMILES string of the molecule is Cc1ccccc1C1CCC1.Cc1ccccc1C1CCCC1.Cc1ccccc1C1CCCCC1. The summed E-state index contributed by atoms with van der Waals surface area (Å²) >= 11 is 0. The van der Waals surface area contributed by atoms with Crippen molar-refractivity contribution in [3.63, 3.8) is 0 Å². The lowest BCUT2D eigenvalue weighted by Crippen LogP contribution is -2.09. The van der Waals surface area contributed by atoms with Gasteiger partial charge in [0.05, 0.1) is 0 Å². The van der Waals surface area contributed by atoms with Gasteiger partial charge in [-0.1, -0.05) is 111 Å². The average molecular weight is 481 g/mol. The molecular weight excluding hydrogens is 432 g/mol. The number of hydrogen-bond donors (Lipinski definition) is 0. The van der Waals surface area contributed by atoms with Crippen molar-refractivity contribution in [2.75, 3.05) is 0 Å². The van der Waals surface area contributed by atoms with Crippen LogP contribution in [0.2, 0.25) is 0 Å². The zero-order valence-corrected chi connectivity index (χ0v) is 23.1. The van der Waals surface area contributed by atoms with E-state index in [0.29, 0.717) is 0 Å². The Morgan fingerprint density at radius 2 is 0.639 bits per heavy atom. The zero-order chi connectivity index (χ0) is 25.2. The molecule has 6 rings (SSSR count). The van der Waals surface area contributed by atoms with Crippen LogP contribution in [0.25, 0.3) is 0 Å². The molecule has 0 saturated heterocycles. The third kappa shape index (κ3) is 7.34. The lowest BCUT2D eigenvalue weighted by Gasteiger charge is -2.27. The second-order valence-electron chi connectivity index (χ2n) is 11.5. The molecule has 0 heteroatoms. The lowest BCUT2D eigenvalue weighted by atomic mass is 9.78. The van der Waals surface area contributed by atoms with Crippen LogP contribution >= 0.6 is 0 Å². The van der Waals surface area contributed by atoms with Crippen molar-refractivity contribution in [2.45, 2.75) is 116 Å². The van der Waals surface area contributed by atoms with Gasteiger partial charge in [0.15, 0.2) is 0 Å². The first-order chi connectivity index (χ1) is 17.6. The van der Waals surface area contributed by atoms with Crippen molar-refractivity contribution in [3.8, 4) is 0 Å². The first-order valence-electron chi connectivity index (χ1n) is 14.8. The van der Waals surface area contributed by atoms with Crippen LogP contribution in [0.3, 0.4) is 0 Å². The Labute approximate surface area is 221 Å². The second-order valence-corrected chi connectivity index (χ2v) is 11.5. The Morgan fingerprint density at radius 3 is 0.917 bits per heavy atom. The first-order valence-corrected chi connectivity index (χ1v) is 14.8. The molecule has 3 aliphatic rings. The van der Waals surface area contributed by atoms with Crippen molar-refractivity contribution in [1.29, 1.82) is 0 Å². The Morgan fingerprint density at radius 1 is 0.361 bits per heavy atom. The minimum Gasteiger partial charge on any atom is -0.0620 e. The smallest absolute Gasteiger partial charge is 0.0159 e. The van der Waals surface area contributed by atoms with Crippen molar-refractivity contribution in [3.05, 3.63) is 106 Å². The van der Waals surface area contributed by atoms with Gasteiger partial charge in [-0.3, -0.25) is 0 Å². The van der Waals surface area contributed by atoms with E-state index in [1.54, 1.807) is 16.7 Å². The molecule has 36 heavy (non-hydrogen) atoms. The van der Waals surface area contributed by atoms with Crippen LogP contribution in [0.1, 0.15) is 128 Å². The van der Waals surface area contributed by atoms with Crippen LogP contribution in [0.4, 0.5) is 0 Å². The van der Waals surface area contributed by atoms with E-state index >= 15 is 0 Å². The summed E-state index contributed by atoms with van der Waals surface area (Å²) in [4.78, 5) is 0. The molecule has 3 aliphatic carbocycles. The normalized spacial score (nSPS) is 18.4. The first kappa shape index (κ1) is 26.7. The van der Waals surface area contributed by atoms with E-state index in [-0.39, 0.29) is 0 Å². The van der Waals surface area contributed by atoms with E-state index < -0.39 is 0 Å². The minimum absolute atomic E-state index is 0.856. The summed E-state index contributed by atoms with van der Waals surface area (Å²) in [7, 11) is 0. The third-order valence-corrected chi connectivity index (χ3v) is 8.95. The van der Waals surface area contributed by atoms with Crippen LogP contribution < -0.4 is 0 Å². The highest BCUT2D eigenvalue weighted by Gasteiger charge is 2.20. The highest BCUT2D eigenvalue weighted by molar-refractivity contribution is 5.31. The zero-order valence-electron chi connectivity index (χ0n) is 23.1. The molecular formula is C36H48. The van der Waals surface area contributed by atoms with Gasteiger partial charge >= 0.3 is 0 Å².